The van der Waals surface area contributed by atoms with Crippen LogP contribution in [-0.2, 0) is 0 Å². The van der Waals surface area contributed by atoms with E-state index in [1.54, 1.807) is 6.16 Å². The fourth-order valence-corrected chi connectivity index (χ4v) is 4.09. The van der Waals surface area contributed by atoms with Crippen LogP contribution in [0.2, 0.25) is 0 Å². The summed E-state index contributed by atoms with van der Waals surface area (Å²) >= 11 is 0. The minimum atomic E-state index is 0.461. The van der Waals surface area contributed by atoms with Crippen molar-refractivity contribution in [3.8, 4) is 0 Å². The molecule has 1 fully saturated rings. The third kappa shape index (κ3) is 3.05. The van der Waals surface area contributed by atoms with E-state index in [4.69, 9.17) is 0 Å². The summed E-state index contributed by atoms with van der Waals surface area (Å²) in [6, 6.07) is 0. The zero-order valence-corrected chi connectivity index (χ0v) is 9.90. The van der Waals surface area contributed by atoms with Crippen LogP contribution in [0, 0.1) is 11.8 Å². The fraction of sp³-hybridized carbons (Fsp3) is 1.00. The van der Waals surface area contributed by atoms with Crippen molar-refractivity contribution in [3.63, 3.8) is 0 Å². The second-order valence-electron chi connectivity index (χ2n) is 4.89. The zero-order chi connectivity index (χ0) is 9.14. The summed E-state index contributed by atoms with van der Waals surface area (Å²) in [7, 11) is 0.461. The fourth-order valence-electron chi connectivity index (χ4n) is 2.23. The van der Waals surface area contributed by atoms with Crippen LogP contribution in [0.3, 0.4) is 0 Å². The van der Waals surface area contributed by atoms with Crippen LogP contribution in [0.1, 0.15) is 40.0 Å². The highest BCUT2D eigenvalue weighted by molar-refractivity contribution is 7.59. The molecule has 0 aromatic heterocycles. The van der Waals surface area contributed by atoms with Gasteiger partial charge in [-0.05, 0) is 49.6 Å². The van der Waals surface area contributed by atoms with E-state index in [2.05, 4.69) is 27.4 Å². The Balaban J connectivity index is 2.13. The maximum Gasteiger partial charge on any atom is -0.0206 e. The Hall–Kier alpha value is 0.430. The van der Waals surface area contributed by atoms with Crippen LogP contribution in [0.5, 0.6) is 0 Å². The molecule has 0 spiro atoms. The number of hydrogen-bond acceptors (Lipinski definition) is 0. The molecule has 72 valence electrons. The molecule has 12 heavy (non-hydrogen) atoms. The first kappa shape index (κ1) is 10.5. The monoisotopic (exact) mass is 186 g/mol. The van der Waals surface area contributed by atoms with E-state index in [1.807, 2.05) is 0 Å². The minimum absolute atomic E-state index is 0.461. The summed E-state index contributed by atoms with van der Waals surface area (Å²) in [5.74, 6) is 1.86. The second kappa shape index (κ2) is 4.61. The SMILES string of the molecule is CC(C)CC(C)CC1CCP1C. The second-order valence-corrected chi connectivity index (χ2v) is 7.59. The molecular formula is C11H23P. The van der Waals surface area contributed by atoms with E-state index in [0.29, 0.717) is 7.92 Å². The lowest BCUT2D eigenvalue weighted by atomic mass is 9.94. The molecule has 0 saturated carbocycles. The maximum atomic E-state index is 2.48. The standard InChI is InChI=1S/C11H23P/c1-9(2)7-10(3)8-11-5-6-12(11)4/h9-11H,5-8H2,1-4H3. The molecule has 3 atom stereocenters. The van der Waals surface area contributed by atoms with E-state index >= 15 is 0 Å². The summed E-state index contributed by atoms with van der Waals surface area (Å²) in [6.45, 7) is 9.59. The van der Waals surface area contributed by atoms with Crippen molar-refractivity contribution in [2.45, 2.75) is 45.7 Å². The van der Waals surface area contributed by atoms with Crippen molar-refractivity contribution in [1.29, 1.82) is 0 Å². The van der Waals surface area contributed by atoms with Crippen molar-refractivity contribution in [1.82, 2.24) is 0 Å². The van der Waals surface area contributed by atoms with E-state index in [9.17, 15) is 0 Å². The van der Waals surface area contributed by atoms with Gasteiger partial charge < -0.3 is 0 Å². The Morgan fingerprint density at radius 3 is 2.33 bits per heavy atom. The Morgan fingerprint density at radius 2 is 2.00 bits per heavy atom. The van der Waals surface area contributed by atoms with Gasteiger partial charge in [0.2, 0.25) is 0 Å². The molecule has 0 nitrogen and oxygen atoms in total. The average Bonchev–Trinajstić information content (AvgIpc) is 1.96. The van der Waals surface area contributed by atoms with Gasteiger partial charge in [-0.15, -0.1) is 7.92 Å². The molecule has 1 heterocycles. The topological polar surface area (TPSA) is 0 Å². The van der Waals surface area contributed by atoms with Crippen LogP contribution < -0.4 is 0 Å². The van der Waals surface area contributed by atoms with E-state index < -0.39 is 0 Å². The van der Waals surface area contributed by atoms with Crippen LogP contribution in [0.25, 0.3) is 0 Å². The third-order valence-corrected chi connectivity index (χ3v) is 5.67. The van der Waals surface area contributed by atoms with Gasteiger partial charge >= 0.3 is 0 Å². The molecule has 0 aromatic rings. The van der Waals surface area contributed by atoms with Crippen LogP contribution >= 0.6 is 7.92 Å². The van der Waals surface area contributed by atoms with Crippen molar-refractivity contribution < 1.29 is 0 Å². The van der Waals surface area contributed by atoms with Gasteiger partial charge in [-0.1, -0.05) is 20.8 Å². The summed E-state index contributed by atoms with van der Waals surface area (Å²) in [6.07, 6.45) is 6.03. The Morgan fingerprint density at radius 1 is 1.33 bits per heavy atom. The molecule has 0 N–H and O–H groups in total. The van der Waals surface area contributed by atoms with Gasteiger partial charge in [-0.25, -0.2) is 0 Å². The van der Waals surface area contributed by atoms with Gasteiger partial charge in [0.25, 0.3) is 0 Å². The van der Waals surface area contributed by atoms with Crippen molar-refractivity contribution in [2.24, 2.45) is 11.8 Å². The lowest BCUT2D eigenvalue weighted by Gasteiger charge is -2.36. The maximum absolute atomic E-state index is 2.48. The van der Waals surface area contributed by atoms with Crippen LogP contribution in [-0.4, -0.2) is 18.5 Å². The van der Waals surface area contributed by atoms with Gasteiger partial charge in [0.15, 0.2) is 0 Å². The molecule has 1 saturated heterocycles. The highest BCUT2D eigenvalue weighted by Gasteiger charge is 2.27. The normalized spacial score (nSPS) is 31.8. The van der Waals surface area contributed by atoms with E-state index in [1.165, 1.54) is 19.3 Å². The zero-order valence-electron chi connectivity index (χ0n) is 9.01. The van der Waals surface area contributed by atoms with Gasteiger partial charge in [0.1, 0.15) is 0 Å². The minimum Gasteiger partial charge on any atom is -0.107 e. The van der Waals surface area contributed by atoms with Crippen molar-refractivity contribution >= 4 is 7.92 Å². The summed E-state index contributed by atoms with van der Waals surface area (Å²) in [4.78, 5) is 0. The molecule has 1 rings (SSSR count). The number of rotatable bonds is 4. The molecule has 1 aliphatic rings. The van der Waals surface area contributed by atoms with Gasteiger partial charge in [-0.3, -0.25) is 0 Å². The smallest absolute Gasteiger partial charge is 0.0206 e. The number of hydrogen-bond donors (Lipinski definition) is 0. The van der Waals surface area contributed by atoms with Crippen molar-refractivity contribution in [2.75, 3.05) is 12.8 Å². The first-order valence-electron chi connectivity index (χ1n) is 5.29. The van der Waals surface area contributed by atoms with Crippen LogP contribution in [0.4, 0.5) is 0 Å². The summed E-state index contributed by atoms with van der Waals surface area (Å²) < 4.78 is 0. The predicted molar refractivity (Wildman–Crippen MR) is 59.4 cm³/mol. The van der Waals surface area contributed by atoms with Crippen molar-refractivity contribution in [3.05, 3.63) is 0 Å². The lowest BCUT2D eigenvalue weighted by Crippen LogP contribution is -2.22. The van der Waals surface area contributed by atoms with E-state index in [-0.39, 0.29) is 0 Å². The largest absolute Gasteiger partial charge is 0.107 e. The van der Waals surface area contributed by atoms with Gasteiger partial charge in [0.05, 0.1) is 0 Å². The molecule has 1 aliphatic heterocycles. The van der Waals surface area contributed by atoms with E-state index in [0.717, 1.165) is 17.5 Å². The quantitative estimate of drug-likeness (QED) is 0.583. The summed E-state index contributed by atoms with van der Waals surface area (Å²) in [5, 5.41) is 0. The molecule has 0 bridgehead atoms. The Labute approximate surface area is 78.9 Å². The van der Waals surface area contributed by atoms with Crippen LogP contribution in [0.15, 0.2) is 0 Å². The first-order chi connectivity index (χ1) is 5.59. The average molecular weight is 186 g/mol. The van der Waals surface area contributed by atoms with Gasteiger partial charge in [0, 0.05) is 0 Å². The third-order valence-electron chi connectivity index (χ3n) is 2.99. The molecule has 3 unspecified atom stereocenters. The lowest BCUT2D eigenvalue weighted by molar-refractivity contribution is 0.402. The summed E-state index contributed by atoms with van der Waals surface area (Å²) in [5.41, 5.74) is 1.13. The molecule has 0 radical (unpaired) electrons. The molecule has 0 aliphatic carbocycles. The molecule has 0 amide bonds. The highest BCUT2D eigenvalue weighted by atomic mass is 31.1. The molecule has 1 heteroatoms. The first-order valence-corrected chi connectivity index (χ1v) is 7.34. The highest BCUT2D eigenvalue weighted by Crippen LogP contribution is 2.52. The Kier molecular flexibility index (Phi) is 4.03. The predicted octanol–water partition coefficient (Wildman–Crippen LogP) is 3.94. The Bertz CT molecular complexity index is 131. The molecular weight excluding hydrogens is 163 g/mol. The molecule has 0 aromatic carbocycles. The van der Waals surface area contributed by atoms with Gasteiger partial charge in [-0.2, -0.15) is 0 Å².